The van der Waals surface area contributed by atoms with E-state index in [1.54, 1.807) is 12.1 Å². The highest BCUT2D eigenvalue weighted by Gasteiger charge is 2.25. The molecule has 2 amide bonds. The SMILES string of the molecule is O=CN(c1ccc(CO)nc1)S(=O)(=O)c1ccc(CCNC(=O)c2ccc(F)cc2)cc1. The molecule has 10 heteroatoms. The van der Waals surface area contributed by atoms with Gasteiger partial charge in [-0.05, 0) is 60.5 Å². The molecule has 0 aliphatic carbocycles. The molecule has 32 heavy (non-hydrogen) atoms. The van der Waals surface area contributed by atoms with E-state index in [2.05, 4.69) is 10.3 Å². The van der Waals surface area contributed by atoms with Crippen LogP contribution in [-0.4, -0.2) is 37.4 Å². The minimum atomic E-state index is -4.15. The van der Waals surface area contributed by atoms with Gasteiger partial charge in [-0.3, -0.25) is 14.6 Å². The third kappa shape index (κ3) is 5.34. The van der Waals surface area contributed by atoms with Gasteiger partial charge in [-0.2, -0.15) is 0 Å². The Balaban J connectivity index is 1.64. The molecule has 1 aromatic heterocycles. The molecule has 1 heterocycles. The fraction of sp³-hybridized carbons (Fsp3) is 0.136. The Labute approximate surface area is 184 Å². The molecule has 3 aromatic rings. The largest absolute Gasteiger partial charge is 0.390 e. The predicted octanol–water partition coefficient (Wildman–Crippen LogP) is 2.04. The molecule has 0 unspecified atom stereocenters. The molecule has 0 atom stereocenters. The second-order valence-electron chi connectivity index (χ2n) is 6.73. The highest BCUT2D eigenvalue weighted by Crippen LogP contribution is 2.22. The van der Waals surface area contributed by atoms with Gasteiger partial charge in [0.2, 0.25) is 6.41 Å². The van der Waals surface area contributed by atoms with Gasteiger partial charge >= 0.3 is 0 Å². The fourth-order valence-corrected chi connectivity index (χ4v) is 4.07. The summed E-state index contributed by atoms with van der Waals surface area (Å²) >= 11 is 0. The van der Waals surface area contributed by atoms with Crippen LogP contribution in [0.25, 0.3) is 0 Å². The van der Waals surface area contributed by atoms with Crippen LogP contribution in [0, 0.1) is 5.82 Å². The number of hydrogen-bond donors (Lipinski definition) is 2. The fourth-order valence-electron chi connectivity index (χ4n) is 2.86. The summed E-state index contributed by atoms with van der Waals surface area (Å²) in [5, 5.41) is 11.8. The third-order valence-corrected chi connectivity index (χ3v) is 6.29. The van der Waals surface area contributed by atoms with E-state index in [1.165, 1.54) is 54.7 Å². The first-order valence-electron chi connectivity index (χ1n) is 9.53. The molecule has 2 aromatic carbocycles. The second-order valence-corrected chi connectivity index (χ2v) is 8.54. The van der Waals surface area contributed by atoms with Crippen molar-refractivity contribution in [2.75, 3.05) is 10.8 Å². The average Bonchev–Trinajstić information content (AvgIpc) is 2.80. The summed E-state index contributed by atoms with van der Waals surface area (Å²) in [6, 6.07) is 13.9. The third-order valence-electron chi connectivity index (χ3n) is 4.61. The number of amides is 2. The van der Waals surface area contributed by atoms with Crippen molar-refractivity contribution < 1.29 is 27.5 Å². The Kier molecular flexibility index (Phi) is 7.29. The van der Waals surface area contributed by atoms with Crippen molar-refractivity contribution in [3.8, 4) is 0 Å². The molecule has 0 saturated carbocycles. The number of benzene rings is 2. The summed E-state index contributed by atoms with van der Waals surface area (Å²) in [7, 11) is -4.15. The molecule has 2 N–H and O–H groups in total. The number of nitrogens with zero attached hydrogens (tertiary/aromatic N) is 2. The lowest BCUT2D eigenvalue weighted by molar-refractivity contribution is -0.106. The summed E-state index contributed by atoms with van der Waals surface area (Å²) in [4.78, 5) is 27.3. The van der Waals surface area contributed by atoms with Gasteiger partial charge < -0.3 is 10.4 Å². The summed E-state index contributed by atoms with van der Waals surface area (Å²) < 4.78 is 39.2. The molecule has 0 fully saturated rings. The molecule has 0 aliphatic rings. The van der Waals surface area contributed by atoms with E-state index in [1.807, 2.05) is 0 Å². The van der Waals surface area contributed by atoms with Gasteiger partial charge in [-0.25, -0.2) is 17.1 Å². The van der Waals surface area contributed by atoms with E-state index < -0.39 is 15.8 Å². The van der Waals surface area contributed by atoms with Crippen LogP contribution in [0.5, 0.6) is 0 Å². The first-order chi connectivity index (χ1) is 15.3. The van der Waals surface area contributed by atoms with E-state index >= 15 is 0 Å². The summed E-state index contributed by atoms with van der Waals surface area (Å²) in [5.74, 6) is -0.769. The van der Waals surface area contributed by atoms with Gasteiger partial charge in [-0.15, -0.1) is 0 Å². The van der Waals surface area contributed by atoms with Gasteiger partial charge in [-0.1, -0.05) is 12.1 Å². The van der Waals surface area contributed by atoms with Crippen molar-refractivity contribution in [2.45, 2.75) is 17.9 Å². The Morgan fingerprint density at radius 1 is 1.06 bits per heavy atom. The van der Waals surface area contributed by atoms with E-state index in [-0.39, 0.29) is 29.5 Å². The number of carbonyl (C=O) groups excluding carboxylic acids is 2. The van der Waals surface area contributed by atoms with Crippen molar-refractivity contribution in [3.63, 3.8) is 0 Å². The molecule has 0 radical (unpaired) electrons. The van der Waals surface area contributed by atoms with E-state index in [0.29, 0.717) is 28.5 Å². The van der Waals surface area contributed by atoms with Crippen LogP contribution in [-0.2, 0) is 27.8 Å². The zero-order chi connectivity index (χ0) is 23.1. The minimum absolute atomic E-state index is 0.0461. The molecule has 8 nitrogen and oxygen atoms in total. The quantitative estimate of drug-likeness (QED) is 0.475. The monoisotopic (exact) mass is 457 g/mol. The zero-order valence-corrected chi connectivity index (χ0v) is 17.6. The smallest absolute Gasteiger partial charge is 0.270 e. The van der Waals surface area contributed by atoms with Crippen LogP contribution < -0.4 is 9.62 Å². The average molecular weight is 457 g/mol. The zero-order valence-electron chi connectivity index (χ0n) is 16.8. The summed E-state index contributed by atoms with van der Waals surface area (Å²) in [5.41, 5.74) is 1.50. The van der Waals surface area contributed by atoms with Gasteiger partial charge in [0, 0.05) is 12.1 Å². The number of sulfonamides is 1. The first-order valence-corrected chi connectivity index (χ1v) is 11.0. The molecule has 0 aliphatic heterocycles. The lowest BCUT2D eigenvalue weighted by Crippen LogP contribution is -2.29. The molecular weight excluding hydrogens is 437 g/mol. The lowest BCUT2D eigenvalue weighted by atomic mass is 10.1. The van der Waals surface area contributed by atoms with Crippen molar-refractivity contribution in [1.29, 1.82) is 0 Å². The second kappa shape index (κ2) is 10.1. The lowest BCUT2D eigenvalue weighted by Gasteiger charge is -2.17. The summed E-state index contributed by atoms with van der Waals surface area (Å²) in [6.45, 7) is -0.00835. The topological polar surface area (TPSA) is 117 Å². The van der Waals surface area contributed by atoms with Crippen LogP contribution in [0.2, 0.25) is 0 Å². The molecule has 166 valence electrons. The standard InChI is InChI=1S/C22H20FN3O5S/c23-18-5-3-17(4-6-18)22(29)24-12-11-16-1-9-21(10-2-16)32(30,31)26(15-28)20-8-7-19(14-27)25-13-20/h1-10,13,15,27H,11-12,14H2,(H,24,29). The molecule has 0 bridgehead atoms. The van der Waals surface area contributed by atoms with Gasteiger partial charge in [0.15, 0.2) is 0 Å². The maximum Gasteiger partial charge on any atom is 0.270 e. The molecule has 3 rings (SSSR count). The van der Waals surface area contributed by atoms with Crippen LogP contribution in [0.4, 0.5) is 10.1 Å². The molecule has 0 saturated heterocycles. The van der Waals surface area contributed by atoms with Crippen LogP contribution in [0.15, 0.2) is 71.8 Å². The number of carbonyl (C=O) groups is 2. The number of rotatable bonds is 9. The van der Waals surface area contributed by atoms with Gasteiger partial charge in [0.05, 0.1) is 29.1 Å². The van der Waals surface area contributed by atoms with E-state index in [9.17, 15) is 22.4 Å². The Hall–Kier alpha value is -3.63. The van der Waals surface area contributed by atoms with Gasteiger partial charge in [0.1, 0.15) is 5.82 Å². The van der Waals surface area contributed by atoms with Crippen molar-refractivity contribution in [3.05, 3.63) is 89.5 Å². The highest BCUT2D eigenvalue weighted by atomic mass is 32.2. The normalized spacial score (nSPS) is 11.1. The van der Waals surface area contributed by atoms with Crippen molar-refractivity contribution >= 4 is 28.0 Å². The number of hydrogen-bond acceptors (Lipinski definition) is 6. The minimum Gasteiger partial charge on any atom is -0.390 e. The predicted molar refractivity (Wildman–Crippen MR) is 115 cm³/mol. The summed E-state index contributed by atoms with van der Waals surface area (Å²) in [6.07, 6.45) is 1.82. The number of pyridine rings is 1. The number of aliphatic hydroxyl groups is 1. The van der Waals surface area contributed by atoms with Crippen LogP contribution in [0.1, 0.15) is 21.6 Å². The number of halogens is 1. The van der Waals surface area contributed by atoms with Gasteiger partial charge in [0.25, 0.3) is 15.9 Å². The Morgan fingerprint density at radius 3 is 2.31 bits per heavy atom. The molecule has 0 spiro atoms. The number of nitrogens with one attached hydrogen (secondary N) is 1. The maximum atomic E-state index is 12.9. The number of aliphatic hydroxyl groups excluding tert-OH is 1. The maximum absolute atomic E-state index is 12.9. The Bertz CT molecular complexity index is 1180. The van der Waals surface area contributed by atoms with Crippen LogP contribution in [0.3, 0.4) is 0 Å². The first kappa shape index (κ1) is 23.0. The van der Waals surface area contributed by atoms with E-state index in [4.69, 9.17) is 5.11 Å². The van der Waals surface area contributed by atoms with Crippen molar-refractivity contribution in [2.24, 2.45) is 0 Å². The highest BCUT2D eigenvalue weighted by molar-refractivity contribution is 7.93. The number of aromatic nitrogens is 1. The number of anilines is 1. The Morgan fingerprint density at radius 2 is 1.75 bits per heavy atom. The van der Waals surface area contributed by atoms with E-state index in [0.717, 1.165) is 5.56 Å². The van der Waals surface area contributed by atoms with Crippen molar-refractivity contribution in [1.82, 2.24) is 10.3 Å². The molecular formula is C22H20FN3O5S. The van der Waals surface area contributed by atoms with Crippen LogP contribution >= 0.6 is 0 Å².